The standard InChI is InChI=1S/C12H22N2O3/c1-12(2)6-5-7-14(10(12)11(16)17)9(15)8-13(3)4/h10H,5-8H2,1-4H3,(H,16,17). The molecule has 1 atom stereocenters. The largest absolute Gasteiger partial charge is 0.480 e. The Kier molecular flexibility index (Phi) is 4.14. The second-order valence-electron chi connectivity index (χ2n) is 5.66. The average molecular weight is 242 g/mol. The van der Waals surface area contributed by atoms with Crippen molar-refractivity contribution in [1.82, 2.24) is 9.80 Å². The number of piperidine rings is 1. The lowest BCUT2D eigenvalue weighted by Gasteiger charge is -2.44. The van der Waals surface area contributed by atoms with Gasteiger partial charge in [0.1, 0.15) is 6.04 Å². The van der Waals surface area contributed by atoms with Crippen LogP contribution in [-0.4, -0.2) is 60.0 Å². The molecule has 1 aliphatic rings. The van der Waals surface area contributed by atoms with Crippen LogP contribution in [0.3, 0.4) is 0 Å². The number of rotatable bonds is 3. The lowest BCUT2D eigenvalue weighted by Crippen LogP contribution is -2.57. The fourth-order valence-electron chi connectivity index (χ4n) is 2.49. The van der Waals surface area contributed by atoms with E-state index in [1.54, 1.807) is 4.90 Å². The van der Waals surface area contributed by atoms with Gasteiger partial charge in [0.2, 0.25) is 5.91 Å². The monoisotopic (exact) mass is 242 g/mol. The van der Waals surface area contributed by atoms with E-state index in [1.807, 2.05) is 27.9 Å². The molecule has 1 N–H and O–H groups in total. The number of carbonyl (C=O) groups excluding carboxylic acids is 1. The molecule has 0 aromatic heterocycles. The molecule has 98 valence electrons. The van der Waals surface area contributed by atoms with Gasteiger partial charge in [0.15, 0.2) is 0 Å². The summed E-state index contributed by atoms with van der Waals surface area (Å²) in [4.78, 5) is 26.7. The van der Waals surface area contributed by atoms with E-state index in [4.69, 9.17) is 0 Å². The minimum atomic E-state index is -0.901. The van der Waals surface area contributed by atoms with Crippen LogP contribution in [0.2, 0.25) is 0 Å². The van der Waals surface area contributed by atoms with E-state index >= 15 is 0 Å². The summed E-state index contributed by atoms with van der Waals surface area (Å²) in [5.74, 6) is -1.00. The van der Waals surface area contributed by atoms with Crippen LogP contribution in [0.25, 0.3) is 0 Å². The molecule has 1 heterocycles. The molecule has 1 amide bonds. The molecule has 0 bridgehead atoms. The summed E-state index contributed by atoms with van der Waals surface area (Å²) >= 11 is 0. The molecule has 0 aromatic carbocycles. The van der Waals surface area contributed by atoms with Gasteiger partial charge >= 0.3 is 5.97 Å². The fourth-order valence-corrected chi connectivity index (χ4v) is 2.49. The summed E-state index contributed by atoms with van der Waals surface area (Å²) in [7, 11) is 3.62. The van der Waals surface area contributed by atoms with Crippen molar-refractivity contribution in [2.45, 2.75) is 32.7 Å². The summed E-state index contributed by atoms with van der Waals surface area (Å²) in [6, 6.07) is -0.705. The Morgan fingerprint density at radius 1 is 1.41 bits per heavy atom. The van der Waals surface area contributed by atoms with Gasteiger partial charge in [-0.1, -0.05) is 13.8 Å². The number of hydrogen-bond acceptors (Lipinski definition) is 3. The van der Waals surface area contributed by atoms with Gasteiger partial charge in [0.05, 0.1) is 6.54 Å². The van der Waals surface area contributed by atoms with Crippen LogP contribution in [0.5, 0.6) is 0 Å². The fraction of sp³-hybridized carbons (Fsp3) is 0.833. The molecule has 1 saturated heterocycles. The smallest absolute Gasteiger partial charge is 0.326 e. The lowest BCUT2D eigenvalue weighted by molar-refractivity contribution is -0.159. The van der Waals surface area contributed by atoms with E-state index in [2.05, 4.69) is 0 Å². The number of likely N-dealkylation sites (tertiary alicyclic amines) is 1. The van der Waals surface area contributed by atoms with Gasteiger partial charge in [-0.25, -0.2) is 4.79 Å². The third kappa shape index (κ3) is 3.19. The highest BCUT2D eigenvalue weighted by Crippen LogP contribution is 2.35. The van der Waals surface area contributed by atoms with E-state index in [1.165, 1.54) is 4.90 Å². The van der Waals surface area contributed by atoms with E-state index in [0.717, 1.165) is 12.8 Å². The van der Waals surface area contributed by atoms with Crippen molar-refractivity contribution in [3.63, 3.8) is 0 Å². The molecule has 0 radical (unpaired) electrons. The summed E-state index contributed by atoms with van der Waals surface area (Å²) in [5.41, 5.74) is -0.355. The normalized spacial score (nSPS) is 23.8. The van der Waals surface area contributed by atoms with E-state index in [9.17, 15) is 14.7 Å². The van der Waals surface area contributed by atoms with Gasteiger partial charge in [0.25, 0.3) is 0 Å². The van der Waals surface area contributed by atoms with Crippen molar-refractivity contribution >= 4 is 11.9 Å². The second-order valence-corrected chi connectivity index (χ2v) is 5.66. The van der Waals surface area contributed by atoms with Crippen LogP contribution in [0, 0.1) is 5.41 Å². The predicted octanol–water partition coefficient (Wildman–Crippen LogP) is 0.650. The van der Waals surface area contributed by atoms with Gasteiger partial charge in [0, 0.05) is 6.54 Å². The number of nitrogens with zero attached hydrogens (tertiary/aromatic N) is 2. The molecule has 0 saturated carbocycles. The first-order valence-electron chi connectivity index (χ1n) is 5.93. The first-order chi connectivity index (χ1) is 7.75. The van der Waals surface area contributed by atoms with Crippen LogP contribution < -0.4 is 0 Å². The van der Waals surface area contributed by atoms with Crippen molar-refractivity contribution in [1.29, 1.82) is 0 Å². The zero-order valence-corrected chi connectivity index (χ0v) is 11.1. The van der Waals surface area contributed by atoms with Crippen molar-refractivity contribution in [2.24, 2.45) is 5.41 Å². The Morgan fingerprint density at radius 2 is 2.00 bits per heavy atom. The van der Waals surface area contributed by atoms with Crippen molar-refractivity contribution < 1.29 is 14.7 Å². The third-order valence-electron chi connectivity index (χ3n) is 3.28. The van der Waals surface area contributed by atoms with Gasteiger partial charge in [-0.15, -0.1) is 0 Å². The Bertz CT molecular complexity index is 313. The molecule has 1 unspecified atom stereocenters. The van der Waals surface area contributed by atoms with Crippen LogP contribution in [0.1, 0.15) is 26.7 Å². The number of amides is 1. The van der Waals surface area contributed by atoms with Gasteiger partial charge < -0.3 is 14.9 Å². The van der Waals surface area contributed by atoms with Gasteiger partial charge in [-0.3, -0.25) is 4.79 Å². The first kappa shape index (κ1) is 14.0. The second kappa shape index (κ2) is 5.04. The van der Waals surface area contributed by atoms with E-state index in [0.29, 0.717) is 6.54 Å². The van der Waals surface area contributed by atoms with Crippen LogP contribution >= 0.6 is 0 Å². The molecule has 1 aliphatic heterocycles. The molecule has 1 fully saturated rings. The molecule has 0 aliphatic carbocycles. The Labute approximate surface area is 102 Å². The van der Waals surface area contributed by atoms with Gasteiger partial charge in [-0.2, -0.15) is 0 Å². The third-order valence-corrected chi connectivity index (χ3v) is 3.28. The Hall–Kier alpha value is -1.10. The molecular formula is C12H22N2O3. The minimum Gasteiger partial charge on any atom is -0.480 e. The number of carbonyl (C=O) groups is 2. The Morgan fingerprint density at radius 3 is 2.47 bits per heavy atom. The topological polar surface area (TPSA) is 60.9 Å². The van der Waals surface area contributed by atoms with Crippen molar-refractivity contribution in [2.75, 3.05) is 27.2 Å². The summed E-state index contributed by atoms with van der Waals surface area (Å²) in [5, 5.41) is 9.32. The first-order valence-corrected chi connectivity index (χ1v) is 5.93. The molecule has 0 aromatic rings. The summed E-state index contributed by atoms with van der Waals surface area (Å²) < 4.78 is 0. The van der Waals surface area contributed by atoms with Crippen LogP contribution in [0.4, 0.5) is 0 Å². The highest BCUT2D eigenvalue weighted by atomic mass is 16.4. The van der Waals surface area contributed by atoms with Crippen LogP contribution in [0.15, 0.2) is 0 Å². The SMILES string of the molecule is CN(C)CC(=O)N1CCCC(C)(C)C1C(=O)O. The highest BCUT2D eigenvalue weighted by Gasteiger charge is 2.44. The molecule has 5 nitrogen and oxygen atoms in total. The highest BCUT2D eigenvalue weighted by molar-refractivity contribution is 5.85. The molecule has 0 spiro atoms. The predicted molar refractivity (Wildman–Crippen MR) is 64.7 cm³/mol. The maximum Gasteiger partial charge on any atom is 0.326 e. The maximum absolute atomic E-state index is 12.0. The molecule has 17 heavy (non-hydrogen) atoms. The van der Waals surface area contributed by atoms with E-state index < -0.39 is 12.0 Å². The molecular weight excluding hydrogens is 220 g/mol. The number of likely N-dealkylation sites (N-methyl/N-ethyl adjacent to an activating group) is 1. The van der Waals surface area contributed by atoms with Crippen molar-refractivity contribution in [3.05, 3.63) is 0 Å². The number of aliphatic carboxylic acids is 1. The molecule has 5 heteroatoms. The maximum atomic E-state index is 12.0. The van der Waals surface area contributed by atoms with E-state index in [-0.39, 0.29) is 17.9 Å². The van der Waals surface area contributed by atoms with Crippen LogP contribution in [-0.2, 0) is 9.59 Å². The zero-order chi connectivity index (χ0) is 13.2. The molecule has 1 rings (SSSR count). The summed E-state index contributed by atoms with van der Waals surface area (Å²) in [6.45, 7) is 4.65. The average Bonchev–Trinajstić information content (AvgIpc) is 2.13. The zero-order valence-electron chi connectivity index (χ0n) is 11.1. The summed E-state index contributed by atoms with van der Waals surface area (Å²) in [6.07, 6.45) is 1.71. The Balaban J connectivity index is 2.88. The number of carboxylic acids is 1. The van der Waals surface area contributed by atoms with Crippen molar-refractivity contribution in [3.8, 4) is 0 Å². The minimum absolute atomic E-state index is 0.102. The quantitative estimate of drug-likeness (QED) is 0.789. The van der Waals surface area contributed by atoms with Gasteiger partial charge in [-0.05, 0) is 32.4 Å². The number of hydrogen-bond donors (Lipinski definition) is 1. The lowest BCUT2D eigenvalue weighted by atomic mass is 9.76. The number of carboxylic acid groups (broad SMARTS) is 1.